The number of methoxy groups -OCH3 is 1. The zero-order chi connectivity index (χ0) is 18.9. The second kappa shape index (κ2) is 10.7. The quantitative estimate of drug-likeness (QED) is 0.393. The maximum Gasteiger partial charge on any atom is 0.192 e. The van der Waals surface area contributed by atoms with Crippen molar-refractivity contribution >= 4 is 14.6 Å². The molecule has 0 aromatic heterocycles. The Bertz CT molecular complexity index is 491. The molecule has 25 heavy (non-hydrogen) atoms. The lowest BCUT2D eigenvalue weighted by molar-refractivity contribution is -0.117. The van der Waals surface area contributed by atoms with Crippen LogP contribution in [0, 0.1) is 5.92 Å². The third-order valence-corrected chi connectivity index (χ3v) is 9.82. The third kappa shape index (κ3) is 6.24. The summed E-state index contributed by atoms with van der Waals surface area (Å²) in [5.41, 5.74) is 1.08. The highest BCUT2D eigenvalue weighted by Gasteiger charge is 2.36. The molecule has 0 saturated carbocycles. The second-order valence-electron chi connectivity index (χ2n) is 6.69. The van der Waals surface area contributed by atoms with Gasteiger partial charge in [0.25, 0.3) is 0 Å². The zero-order valence-electron chi connectivity index (χ0n) is 16.6. The van der Waals surface area contributed by atoms with E-state index in [0.717, 1.165) is 35.7 Å². The van der Waals surface area contributed by atoms with Gasteiger partial charge in [0.1, 0.15) is 12.0 Å². The topological polar surface area (TPSA) is 44.8 Å². The fourth-order valence-electron chi connectivity index (χ4n) is 3.04. The molecule has 3 atom stereocenters. The summed E-state index contributed by atoms with van der Waals surface area (Å²) in [5, 5.41) is 0. The average Bonchev–Trinajstić information content (AvgIpc) is 2.67. The predicted octanol–water partition coefficient (Wildman–Crippen LogP) is 4.83. The van der Waals surface area contributed by atoms with Gasteiger partial charge < -0.3 is 18.7 Å². The summed E-state index contributed by atoms with van der Waals surface area (Å²) in [6, 6.07) is 11.0. The van der Waals surface area contributed by atoms with Gasteiger partial charge in [-0.3, -0.25) is 0 Å². The summed E-state index contributed by atoms with van der Waals surface area (Å²) in [4.78, 5) is 11.4. The van der Waals surface area contributed by atoms with Gasteiger partial charge in [-0.05, 0) is 42.8 Å². The maximum atomic E-state index is 11.4. The number of ether oxygens (including phenoxy) is 2. The molecule has 0 heterocycles. The molecule has 0 aliphatic carbocycles. The van der Waals surface area contributed by atoms with Crippen molar-refractivity contribution in [3.8, 4) is 5.75 Å². The van der Waals surface area contributed by atoms with Crippen LogP contribution in [0.25, 0.3) is 0 Å². The van der Waals surface area contributed by atoms with Gasteiger partial charge >= 0.3 is 0 Å². The van der Waals surface area contributed by atoms with Crippen molar-refractivity contribution in [1.29, 1.82) is 0 Å². The van der Waals surface area contributed by atoms with Gasteiger partial charge in [-0.25, -0.2) is 0 Å². The van der Waals surface area contributed by atoms with E-state index >= 15 is 0 Å². The van der Waals surface area contributed by atoms with Crippen molar-refractivity contribution in [2.45, 2.75) is 71.6 Å². The smallest absolute Gasteiger partial charge is 0.192 e. The Morgan fingerprint density at radius 2 is 1.60 bits per heavy atom. The van der Waals surface area contributed by atoms with E-state index in [0.29, 0.717) is 6.61 Å². The number of rotatable bonds is 12. The Balaban J connectivity index is 2.78. The first kappa shape index (κ1) is 21.9. The molecule has 0 saturated heterocycles. The lowest BCUT2D eigenvalue weighted by atomic mass is 10.0. The molecule has 0 aliphatic rings. The monoisotopic (exact) mass is 366 g/mol. The van der Waals surface area contributed by atoms with Crippen molar-refractivity contribution in [3.63, 3.8) is 0 Å². The number of hydrogen-bond acceptors (Lipinski definition) is 4. The minimum atomic E-state index is -1.80. The molecule has 4 nitrogen and oxygen atoms in total. The largest absolute Gasteiger partial charge is 0.497 e. The molecule has 1 rings (SSSR count). The van der Waals surface area contributed by atoms with Gasteiger partial charge in [-0.1, -0.05) is 39.8 Å². The van der Waals surface area contributed by atoms with Crippen LogP contribution in [0.15, 0.2) is 24.3 Å². The first-order valence-electron chi connectivity index (χ1n) is 9.32. The van der Waals surface area contributed by atoms with Crippen LogP contribution in [-0.4, -0.2) is 33.9 Å². The van der Waals surface area contributed by atoms with Gasteiger partial charge in [0, 0.05) is 5.92 Å². The number of carbonyl (C=O) groups excluding carboxylic acids is 1. The van der Waals surface area contributed by atoms with E-state index in [1.54, 1.807) is 7.11 Å². The summed E-state index contributed by atoms with van der Waals surface area (Å²) < 4.78 is 17.8. The fraction of sp³-hybridized carbons (Fsp3) is 0.650. The van der Waals surface area contributed by atoms with Crippen molar-refractivity contribution < 1.29 is 18.7 Å². The van der Waals surface area contributed by atoms with E-state index in [1.165, 1.54) is 0 Å². The van der Waals surface area contributed by atoms with Crippen molar-refractivity contribution in [1.82, 2.24) is 0 Å². The van der Waals surface area contributed by atoms with Crippen LogP contribution in [0.5, 0.6) is 5.75 Å². The van der Waals surface area contributed by atoms with Crippen LogP contribution in [0.2, 0.25) is 18.1 Å². The van der Waals surface area contributed by atoms with Crippen LogP contribution in [0.4, 0.5) is 0 Å². The van der Waals surface area contributed by atoms with Crippen LogP contribution >= 0.6 is 0 Å². The summed E-state index contributed by atoms with van der Waals surface area (Å²) in [6.45, 7) is 11.0. The van der Waals surface area contributed by atoms with Gasteiger partial charge in [0.2, 0.25) is 0 Å². The molecule has 0 spiro atoms. The number of carbonyl (C=O) groups is 1. The Morgan fingerprint density at radius 3 is 2.04 bits per heavy atom. The Morgan fingerprint density at radius 1 is 1.04 bits per heavy atom. The van der Waals surface area contributed by atoms with E-state index in [1.807, 2.05) is 38.1 Å². The fourth-order valence-corrected chi connectivity index (χ4v) is 6.02. The molecule has 0 radical (unpaired) electrons. The van der Waals surface area contributed by atoms with Crippen LogP contribution in [0.3, 0.4) is 0 Å². The Kier molecular flexibility index (Phi) is 9.39. The first-order valence-corrected chi connectivity index (χ1v) is 11.9. The normalized spacial score (nSPS) is 15.4. The number of hydrogen-bond donors (Lipinski definition) is 0. The zero-order valence-corrected chi connectivity index (χ0v) is 17.6. The number of benzene rings is 1. The molecule has 0 N–H and O–H groups in total. The SMILES string of the molecule is CC[Si](CC)(CC)O[C@@H]([C@H](C)C=O)[C@@H](C)OCc1ccc(OC)cc1. The van der Waals surface area contributed by atoms with Gasteiger partial charge in [0.15, 0.2) is 8.32 Å². The maximum absolute atomic E-state index is 11.4. The summed E-state index contributed by atoms with van der Waals surface area (Å²) in [6.07, 6.45) is 0.652. The summed E-state index contributed by atoms with van der Waals surface area (Å²) in [7, 11) is -0.144. The molecule has 142 valence electrons. The highest BCUT2D eigenvalue weighted by Crippen LogP contribution is 2.28. The third-order valence-electron chi connectivity index (χ3n) is 5.19. The van der Waals surface area contributed by atoms with E-state index in [4.69, 9.17) is 13.9 Å². The second-order valence-corrected chi connectivity index (χ2v) is 11.4. The summed E-state index contributed by atoms with van der Waals surface area (Å²) >= 11 is 0. The van der Waals surface area contributed by atoms with Gasteiger partial charge in [-0.2, -0.15) is 0 Å². The Labute approximate surface area is 154 Å². The van der Waals surface area contributed by atoms with Crippen LogP contribution in [-0.2, 0) is 20.6 Å². The molecule has 0 unspecified atom stereocenters. The molecule has 1 aromatic carbocycles. The number of aldehydes is 1. The molecule has 0 bridgehead atoms. The Hall–Kier alpha value is -1.17. The molecule has 0 aliphatic heterocycles. The van der Waals surface area contributed by atoms with Crippen molar-refractivity contribution in [2.24, 2.45) is 5.92 Å². The molecule has 0 fully saturated rings. The minimum Gasteiger partial charge on any atom is -0.497 e. The van der Waals surface area contributed by atoms with Crippen LogP contribution < -0.4 is 4.74 Å². The predicted molar refractivity (Wildman–Crippen MR) is 105 cm³/mol. The highest BCUT2D eigenvalue weighted by molar-refractivity contribution is 6.73. The lowest BCUT2D eigenvalue weighted by Gasteiger charge is -2.37. The standard InChI is InChI=1S/C20H34O4Si/c1-7-25(8-2,9-3)24-20(16(4)14-21)17(5)23-15-18-10-12-19(22-6)13-11-18/h10-14,16-17,20H,7-9,15H2,1-6H3/t16-,17-,20+/m1/s1. The highest BCUT2D eigenvalue weighted by atomic mass is 28.4. The molecule has 1 aromatic rings. The van der Waals surface area contributed by atoms with E-state index in [2.05, 4.69) is 20.8 Å². The van der Waals surface area contributed by atoms with E-state index in [-0.39, 0.29) is 18.1 Å². The van der Waals surface area contributed by atoms with Crippen LogP contribution in [0.1, 0.15) is 40.2 Å². The van der Waals surface area contributed by atoms with E-state index < -0.39 is 8.32 Å². The van der Waals surface area contributed by atoms with Gasteiger partial charge in [0.05, 0.1) is 25.9 Å². The van der Waals surface area contributed by atoms with E-state index in [9.17, 15) is 4.79 Å². The molecular weight excluding hydrogens is 332 g/mol. The van der Waals surface area contributed by atoms with Gasteiger partial charge in [-0.15, -0.1) is 0 Å². The average molecular weight is 367 g/mol. The van der Waals surface area contributed by atoms with Crippen molar-refractivity contribution in [2.75, 3.05) is 7.11 Å². The lowest BCUT2D eigenvalue weighted by Crippen LogP contribution is -2.47. The molecule has 0 amide bonds. The van der Waals surface area contributed by atoms with Crippen molar-refractivity contribution in [3.05, 3.63) is 29.8 Å². The molecule has 5 heteroatoms. The molecular formula is C20H34O4Si. The first-order chi connectivity index (χ1) is 11.9. The minimum absolute atomic E-state index is 0.140. The summed E-state index contributed by atoms with van der Waals surface area (Å²) in [5.74, 6) is 0.652.